The second-order valence-corrected chi connectivity index (χ2v) is 12.6. The van der Waals surface area contributed by atoms with Crippen molar-refractivity contribution in [3.05, 3.63) is 0 Å². The lowest BCUT2D eigenvalue weighted by Crippen LogP contribution is -2.43. The van der Waals surface area contributed by atoms with Crippen molar-refractivity contribution in [3.8, 4) is 0 Å². The van der Waals surface area contributed by atoms with Crippen LogP contribution in [0.25, 0.3) is 0 Å². The number of ether oxygens (including phenoxy) is 3. The third kappa shape index (κ3) is 5.55. The van der Waals surface area contributed by atoms with Gasteiger partial charge < -0.3 is 19.3 Å². The summed E-state index contributed by atoms with van der Waals surface area (Å²) in [5, 5.41) is 9.76. The Balaban J connectivity index is 1.45. The van der Waals surface area contributed by atoms with E-state index >= 15 is 0 Å². The van der Waals surface area contributed by atoms with E-state index in [1.807, 2.05) is 6.92 Å². The van der Waals surface area contributed by atoms with Gasteiger partial charge in [0, 0.05) is 6.42 Å². The van der Waals surface area contributed by atoms with Crippen LogP contribution in [0.3, 0.4) is 0 Å². The lowest BCUT2D eigenvalue weighted by Gasteiger charge is -2.37. The molecular formula is C28H44O7. The molecule has 198 valence electrons. The van der Waals surface area contributed by atoms with Crippen LogP contribution in [0.1, 0.15) is 98.3 Å². The van der Waals surface area contributed by atoms with Gasteiger partial charge in [-0.05, 0) is 102 Å². The molecule has 7 heteroatoms. The van der Waals surface area contributed by atoms with Crippen LogP contribution in [-0.2, 0) is 28.6 Å². The van der Waals surface area contributed by atoms with E-state index in [9.17, 15) is 19.5 Å². The van der Waals surface area contributed by atoms with Crippen molar-refractivity contribution in [1.29, 1.82) is 0 Å². The van der Waals surface area contributed by atoms with Crippen LogP contribution in [0.5, 0.6) is 0 Å². The van der Waals surface area contributed by atoms with Gasteiger partial charge in [-0.25, -0.2) is 0 Å². The topological polar surface area (TPSA) is 99.1 Å². The fraction of sp³-hybridized carbons (Fsp3) is 0.893. The number of aliphatic carboxylic acids is 1. The van der Waals surface area contributed by atoms with Gasteiger partial charge in [-0.15, -0.1) is 0 Å². The molecule has 7 nitrogen and oxygen atoms in total. The van der Waals surface area contributed by atoms with Gasteiger partial charge in [0.1, 0.15) is 6.10 Å². The van der Waals surface area contributed by atoms with Crippen molar-refractivity contribution in [2.45, 2.75) is 111 Å². The van der Waals surface area contributed by atoms with Gasteiger partial charge in [-0.2, -0.15) is 0 Å². The van der Waals surface area contributed by atoms with Crippen molar-refractivity contribution < 1.29 is 33.7 Å². The molecule has 4 fully saturated rings. The molecule has 0 amide bonds. The van der Waals surface area contributed by atoms with Crippen molar-refractivity contribution in [2.24, 2.45) is 40.4 Å². The molecule has 8 unspecified atom stereocenters. The minimum Gasteiger partial charge on any atom is -0.481 e. The Morgan fingerprint density at radius 2 is 1.71 bits per heavy atom. The average molecular weight is 493 g/mol. The molecule has 0 aromatic carbocycles. The van der Waals surface area contributed by atoms with E-state index in [4.69, 9.17) is 14.2 Å². The van der Waals surface area contributed by atoms with Crippen molar-refractivity contribution in [2.75, 3.05) is 6.61 Å². The number of hydrogen-bond donors (Lipinski definition) is 1. The summed E-state index contributed by atoms with van der Waals surface area (Å²) in [4.78, 5) is 38.7. The number of hydrogen-bond acceptors (Lipinski definition) is 6. The molecule has 8 atom stereocenters. The molecule has 0 aromatic heterocycles. The summed E-state index contributed by atoms with van der Waals surface area (Å²) in [6.07, 6.45) is 8.72. The van der Waals surface area contributed by atoms with Crippen LogP contribution in [0, 0.1) is 40.4 Å². The van der Waals surface area contributed by atoms with Gasteiger partial charge in [0.15, 0.2) is 0 Å². The normalized spacial score (nSPS) is 34.6. The van der Waals surface area contributed by atoms with E-state index < -0.39 is 35.0 Å². The largest absolute Gasteiger partial charge is 0.481 e. The average Bonchev–Trinajstić information content (AvgIpc) is 3.51. The molecular weight excluding hydrogens is 448 g/mol. The third-order valence-corrected chi connectivity index (χ3v) is 9.44. The van der Waals surface area contributed by atoms with Gasteiger partial charge in [0.2, 0.25) is 6.29 Å². The molecule has 0 radical (unpaired) electrons. The second-order valence-electron chi connectivity index (χ2n) is 12.6. The summed E-state index contributed by atoms with van der Waals surface area (Å²) in [6.45, 7) is 7.44. The zero-order chi connectivity index (χ0) is 25.4. The molecule has 0 spiro atoms. The summed E-state index contributed by atoms with van der Waals surface area (Å²) >= 11 is 0. The summed E-state index contributed by atoms with van der Waals surface area (Å²) in [5.41, 5.74) is -2.29. The highest BCUT2D eigenvalue weighted by molar-refractivity contribution is 5.81. The molecule has 1 aliphatic heterocycles. The maximum absolute atomic E-state index is 13.4. The number of carboxylic acids is 1. The van der Waals surface area contributed by atoms with Crippen LogP contribution in [-0.4, -0.2) is 42.0 Å². The first-order valence-electron chi connectivity index (χ1n) is 13.8. The monoisotopic (exact) mass is 492 g/mol. The Morgan fingerprint density at radius 1 is 0.971 bits per heavy atom. The predicted molar refractivity (Wildman–Crippen MR) is 129 cm³/mol. The maximum Gasteiger partial charge on any atom is 0.314 e. The second kappa shape index (κ2) is 10.4. The molecule has 35 heavy (non-hydrogen) atoms. The van der Waals surface area contributed by atoms with E-state index in [2.05, 4.69) is 0 Å². The lowest BCUT2D eigenvalue weighted by molar-refractivity contribution is -0.200. The number of esters is 2. The number of carbonyl (C=O) groups is 3. The lowest BCUT2D eigenvalue weighted by atomic mass is 9.69. The summed E-state index contributed by atoms with van der Waals surface area (Å²) in [5.74, 6) is 0.516. The maximum atomic E-state index is 13.4. The van der Waals surface area contributed by atoms with E-state index in [0.29, 0.717) is 37.2 Å². The molecule has 0 aromatic rings. The molecule has 1 heterocycles. The summed E-state index contributed by atoms with van der Waals surface area (Å²) in [7, 11) is 0. The molecule has 3 aliphatic carbocycles. The quantitative estimate of drug-likeness (QED) is 0.411. The Kier molecular flexibility index (Phi) is 7.85. The van der Waals surface area contributed by atoms with Crippen LogP contribution in [0.4, 0.5) is 0 Å². The number of rotatable bonds is 10. The minimum atomic E-state index is -1.15. The first-order valence-corrected chi connectivity index (χ1v) is 13.8. The van der Waals surface area contributed by atoms with Crippen LogP contribution >= 0.6 is 0 Å². The van der Waals surface area contributed by atoms with Crippen LogP contribution in [0.15, 0.2) is 0 Å². The zero-order valence-electron chi connectivity index (χ0n) is 21.9. The number of carboxylic acid groups (broad SMARTS) is 1. The van der Waals surface area contributed by atoms with Crippen LogP contribution in [0.2, 0.25) is 0 Å². The Labute approximate surface area is 209 Å². The molecule has 4 rings (SSSR count). The standard InChI is InChI=1S/C28H44O7/c1-5-17(24(29)34-22-14-18-13-21(22)20-10-8-9-19(18)20)15-28(4,16-27(2,3)25(30)31)26(32)35-23-11-6-7-12-33-23/h17-23H,5-16H2,1-4H3,(H,30,31). The highest BCUT2D eigenvalue weighted by Gasteiger charge is 2.55. The molecule has 1 saturated heterocycles. The van der Waals surface area contributed by atoms with Crippen LogP contribution < -0.4 is 0 Å². The van der Waals surface area contributed by atoms with E-state index in [1.165, 1.54) is 25.7 Å². The molecule has 2 bridgehead atoms. The highest BCUT2D eigenvalue weighted by Crippen LogP contribution is 2.59. The fourth-order valence-corrected chi connectivity index (χ4v) is 7.67. The Morgan fingerprint density at radius 3 is 2.37 bits per heavy atom. The van der Waals surface area contributed by atoms with Crippen molar-refractivity contribution in [3.63, 3.8) is 0 Å². The van der Waals surface area contributed by atoms with Crippen molar-refractivity contribution >= 4 is 17.9 Å². The molecule has 4 aliphatic rings. The minimum absolute atomic E-state index is 0.00907. The zero-order valence-corrected chi connectivity index (χ0v) is 21.9. The van der Waals surface area contributed by atoms with Gasteiger partial charge in [0.05, 0.1) is 23.4 Å². The number of carbonyl (C=O) groups excluding carboxylic acids is 2. The van der Waals surface area contributed by atoms with E-state index in [0.717, 1.165) is 25.2 Å². The molecule has 1 N–H and O–H groups in total. The Bertz CT molecular complexity index is 801. The first-order chi connectivity index (χ1) is 16.5. The predicted octanol–water partition coefficient (Wildman–Crippen LogP) is 5.35. The van der Waals surface area contributed by atoms with E-state index in [1.54, 1.807) is 20.8 Å². The van der Waals surface area contributed by atoms with Gasteiger partial charge in [0.25, 0.3) is 0 Å². The van der Waals surface area contributed by atoms with Gasteiger partial charge >= 0.3 is 17.9 Å². The fourth-order valence-electron chi connectivity index (χ4n) is 7.67. The van der Waals surface area contributed by atoms with Crippen molar-refractivity contribution in [1.82, 2.24) is 0 Å². The highest BCUT2D eigenvalue weighted by atomic mass is 16.7. The molecule has 3 saturated carbocycles. The SMILES string of the molecule is CCC(CC(C)(CC(C)(C)C(=O)O)C(=O)OC1CCCCO1)C(=O)OC1CC2CC1C1CCCC21. The Hall–Kier alpha value is -1.63. The smallest absolute Gasteiger partial charge is 0.314 e. The van der Waals surface area contributed by atoms with Gasteiger partial charge in [-0.3, -0.25) is 14.4 Å². The first kappa shape index (κ1) is 26.4. The third-order valence-electron chi connectivity index (χ3n) is 9.44. The summed E-state index contributed by atoms with van der Waals surface area (Å²) in [6, 6.07) is 0. The van der Waals surface area contributed by atoms with E-state index in [-0.39, 0.29) is 24.9 Å². The number of fused-ring (bicyclic) bond motifs is 5. The van der Waals surface area contributed by atoms with Gasteiger partial charge in [-0.1, -0.05) is 13.3 Å². The summed E-state index contributed by atoms with van der Waals surface area (Å²) < 4.78 is 17.5.